The molecule has 0 radical (unpaired) electrons. The molecule has 0 aliphatic rings. The summed E-state index contributed by atoms with van der Waals surface area (Å²) in [4.78, 5) is 25.4. The number of carbonyl (C=O) groups is 2. The topological polar surface area (TPSA) is 76.7 Å². The molecule has 7 heteroatoms. The van der Waals surface area contributed by atoms with Crippen LogP contribution in [0.25, 0.3) is 0 Å². The largest absolute Gasteiger partial charge is 0.495 e. The van der Waals surface area contributed by atoms with Gasteiger partial charge in [-0.05, 0) is 38.5 Å². The zero-order valence-electron chi connectivity index (χ0n) is 16.0. The third kappa shape index (κ3) is 4.71. The van der Waals surface area contributed by atoms with Gasteiger partial charge in [-0.25, -0.2) is 0 Å². The molecule has 144 valence electrons. The number of hydrogen-bond acceptors (Lipinski definition) is 4. The summed E-state index contributed by atoms with van der Waals surface area (Å²) < 4.78 is 10.4. The van der Waals surface area contributed by atoms with Gasteiger partial charge in [-0.2, -0.15) is 0 Å². The minimum atomic E-state index is -1.33. The highest BCUT2D eigenvalue weighted by molar-refractivity contribution is 6.32. The Kier molecular flexibility index (Phi) is 6.33. The van der Waals surface area contributed by atoms with E-state index in [1.807, 2.05) is 25.1 Å². The molecule has 2 aromatic carbocycles. The van der Waals surface area contributed by atoms with E-state index in [-0.39, 0.29) is 0 Å². The molecule has 6 nitrogen and oxygen atoms in total. The molecule has 2 rings (SSSR count). The van der Waals surface area contributed by atoms with Gasteiger partial charge in [0.25, 0.3) is 0 Å². The van der Waals surface area contributed by atoms with Crippen LogP contribution in [0.5, 0.6) is 11.5 Å². The summed E-state index contributed by atoms with van der Waals surface area (Å²) in [6.45, 7) is 5.02. The third-order valence-electron chi connectivity index (χ3n) is 4.13. The lowest BCUT2D eigenvalue weighted by Crippen LogP contribution is -2.41. The van der Waals surface area contributed by atoms with E-state index in [0.717, 1.165) is 5.56 Å². The maximum Gasteiger partial charge on any atom is 0.239 e. The number of aryl methyl sites for hydroxylation is 1. The minimum absolute atomic E-state index is 0.351. The van der Waals surface area contributed by atoms with Gasteiger partial charge >= 0.3 is 0 Å². The molecular weight excluding hydrogens is 368 g/mol. The lowest BCUT2D eigenvalue weighted by Gasteiger charge is -2.23. The number of anilines is 2. The van der Waals surface area contributed by atoms with Crippen molar-refractivity contribution in [3.05, 3.63) is 47.0 Å². The summed E-state index contributed by atoms with van der Waals surface area (Å²) in [6, 6.07) is 10.4. The summed E-state index contributed by atoms with van der Waals surface area (Å²) in [5, 5.41) is 5.84. The molecule has 0 spiro atoms. The fourth-order valence-corrected chi connectivity index (χ4v) is 2.58. The van der Waals surface area contributed by atoms with Crippen LogP contribution in [0.15, 0.2) is 36.4 Å². The van der Waals surface area contributed by atoms with Crippen molar-refractivity contribution >= 4 is 34.8 Å². The highest BCUT2D eigenvalue weighted by Crippen LogP contribution is 2.36. The van der Waals surface area contributed by atoms with E-state index in [9.17, 15) is 9.59 Å². The molecular formula is C20H23ClN2O4. The van der Waals surface area contributed by atoms with E-state index in [1.54, 1.807) is 26.0 Å². The maximum absolute atomic E-state index is 12.8. The highest BCUT2D eigenvalue weighted by atomic mass is 35.5. The number of hydrogen-bond donors (Lipinski definition) is 2. The van der Waals surface area contributed by atoms with Gasteiger partial charge < -0.3 is 20.1 Å². The Morgan fingerprint density at radius 2 is 1.59 bits per heavy atom. The lowest BCUT2D eigenvalue weighted by molar-refractivity contribution is -0.135. The number of carbonyl (C=O) groups excluding carboxylic acids is 2. The van der Waals surface area contributed by atoms with Crippen LogP contribution in [0.4, 0.5) is 11.4 Å². The van der Waals surface area contributed by atoms with Crippen LogP contribution in [-0.2, 0) is 9.59 Å². The van der Waals surface area contributed by atoms with Gasteiger partial charge in [-0.15, -0.1) is 0 Å². The first-order valence-corrected chi connectivity index (χ1v) is 8.68. The Hall–Kier alpha value is -2.73. The van der Waals surface area contributed by atoms with Crippen LogP contribution in [0, 0.1) is 12.3 Å². The van der Waals surface area contributed by atoms with Crippen molar-refractivity contribution in [3.8, 4) is 11.5 Å². The van der Waals surface area contributed by atoms with Crippen molar-refractivity contribution in [3.63, 3.8) is 0 Å². The first-order valence-electron chi connectivity index (χ1n) is 8.30. The second-order valence-corrected chi connectivity index (χ2v) is 7.00. The second-order valence-electron chi connectivity index (χ2n) is 6.59. The van der Waals surface area contributed by atoms with Crippen LogP contribution in [0.3, 0.4) is 0 Å². The molecule has 0 saturated heterocycles. The van der Waals surface area contributed by atoms with Gasteiger partial charge in [-0.3, -0.25) is 9.59 Å². The Morgan fingerprint density at radius 1 is 0.963 bits per heavy atom. The normalized spacial score (nSPS) is 10.9. The molecule has 27 heavy (non-hydrogen) atoms. The van der Waals surface area contributed by atoms with Crippen LogP contribution in [0.2, 0.25) is 5.02 Å². The van der Waals surface area contributed by atoms with Gasteiger partial charge in [-0.1, -0.05) is 23.7 Å². The summed E-state index contributed by atoms with van der Waals surface area (Å²) >= 11 is 6.08. The number of amides is 2. The average Bonchev–Trinajstić information content (AvgIpc) is 2.62. The van der Waals surface area contributed by atoms with Gasteiger partial charge in [0.2, 0.25) is 11.8 Å². The standard InChI is InChI=1S/C20H23ClN2O4/c1-12-7-6-8-13(9-12)22-18(24)20(2,3)19(25)23-15-11-16(26-4)14(21)10-17(15)27-5/h6-11H,1-5H3,(H,22,24)(H,23,25). The summed E-state index contributed by atoms with van der Waals surface area (Å²) in [6.07, 6.45) is 0. The zero-order chi connectivity index (χ0) is 20.2. The molecule has 2 N–H and O–H groups in total. The van der Waals surface area contributed by atoms with Crippen molar-refractivity contribution in [1.29, 1.82) is 0 Å². The number of methoxy groups -OCH3 is 2. The zero-order valence-corrected chi connectivity index (χ0v) is 16.7. The highest BCUT2D eigenvalue weighted by Gasteiger charge is 2.36. The van der Waals surface area contributed by atoms with Crippen molar-refractivity contribution in [1.82, 2.24) is 0 Å². The SMILES string of the molecule is COc1cc(NC(=O)C(C)(C)C(=O)Nc2cccc(C)c2)c(OC)cc1Cl. The molecule has 0 atom stereocenters. The molecule has 0 aliphatic carbocycles. The smallest absolute Gasteiger partial charge is 0.239 e. The number of rotatable bonds is 6. The van der Waals surface area contributed by atoms with E-state index in [2.05, 4.69) is 10.6 Å². The minimum Gasteiger partial charge on any atom is -0.495 e. The predicted molar refractivity (Wildman–Crippen MR) is 107 cm³/mol. The molecule has 2 aromatic rings. The Balaban J connectivity index is 2.21. The molecule has 0 aliphatic heterocycles. The van der Waals surface area contributed by atoms with E-state index in [1.165, 1.54) is 20.3 Å². The van der Waals surface area contributed by atoms with E-state index in [4.69, 9.17) is 21.1 Å². The lowest BCUT2D eigenvalue weighted by atomic mass is 9.90. The molecule has 0 fully saturated rings. The monoisotopic (exact) mass is 390 g/mol. The Morgan fingerprint density at radius 3 is 2.19 bits per heavy atom. The van der Waals surface area contributed by atoms with Gasteiger partial charge in [0.15, 0.2) is 0 Å². The van der Waals surface area contributed by atoms with Crippen molar-refractivity contribution in [2.75, 3.05) is 24.9 Å². The number of benzene rings is 2. The third-order valence-corrected chi connectivity index (χ3v) is 4.43. The van der Waals surface area contributed by atoms with Crippen molar-refractivity contribution in [2.45, 2.75) is 20.8 Å². The van der Waals surface area contributed by atoms with Crippen molar-refractivity contribution < 1.29 is 19.1 Å². The second kappa shape index (κ2) is 8.31. The number of ether oxygens (including phenoxy) is 2. The van der Waals surface area contributed by atoms with Gasteiger partial charge in [0.1, 0.15) is 16.9 Å². The Labute approximate surface area is 163 Å². The molecule has 2 amide bonds. The summed E-state index contributed by atoms with van der Waals surface area (Å²) in [7, 11) is 2.93. The first kappa shape index (κ1) is 20.6. The Bertz CT molecular complexity index is 865. The van der Waals surface area contributed by atoms with Crippen LogP contribution >= 0.6 is 11.6 Å². The quantitative estimate of drug-likeness (QED) is 0.722. The van der Waals surface area contributed by atoms with Crippen molar-refractivity contribution in [2.24, 2.45) is 5.41 Å². The molecule has 0 saturated carbocycles. The van der Waals surface area contributed by atoms with Crippen LogP contribution in [-0.4, -0.2) is 26.0 Å². The van der Waals surface area contributed by atoms with Crippen LogP contribution in [0.1, 0.15) is 19.4 Å². The summed E-state index contributed by atoms with van der Waals surface area (Å²) in [5.74, 6) is -0.167. The van der Waals surface area contributed by atoms with Gasteiger partial charge in [0, 0.05) is 17.8 Å². The van der Waals surface area contributed by atoms with Crippen LogP contribution < -0.4 is 20.1 Å². The molecule has 0 aromatic heterocycles. The predicted octanol–water partition coefficient (Wildman–Crippen LogP) is 4.27. The number of halogens is 1. The number of nitrogens with one attached hydrogen (secondary N) is 2. The molecule has 0 unspecified atom stereocenters. The molecule has 0 bridgehead atoms. The van der Waals surface area contributed by atoms with E-state index >= 15 is 0 Å². The first-order chi connectivity index (χ1) is 12.7. The maximum atomic E-state index is 12.8. The molecule has 0 heterocycles. The fourth-order valence-electron chi connectivity index (χ4n) is 2.35. The summed E-state index contributed by atoms with van der Waals surface area (Å²) in [5.41, 5.74) is 0.668. The fraction of sp³-hybridized carbons (Fsp3) is 0.300. The van der Waals surface area contributed by atoms with Gasteiger partial charge in [0.05, 0.1) is 24.9 Å². The average molecular weight is 391 g/mol. The van der Waals surface area contributed by atoms with E-state index < -0.39 is 17.2 Å². The van der Waals surface area contributed by atoms with E-state index in [0.29, 0.717) is 27.9 Å².